The lowest BCUT2D eigenvalue weighted by Crippen LogP contribution is -2.42. The molecule has 1 aliphatic carbocycles. The molecule has 5 heterocycles. The Morgan fingerprint density at radius 1 is 1.14 bits per heavy atom. The number of hydrogen-bond donors (Lipinski definition) is 2. The Hall–Kier alpha value is -3.48. The molecule has 1 saturated carbocycles. The van der Waals surface area contributed by atoms with Crippen LogP contribution in [-0.2, 0) is 27.5 Å². The van der Waals surface area contributed by atoms with Gasteiger partial charge < -0.3 is 15.0 Å². The van der Waals surface area contributed by atoms with Gasteiger partial charge >= 0.3 is 12.1 Å². The van der Waals surface area contributed by atoms with Crippen LogP contribution >= 0.6 is 22.9 Å². The zero-order valence-electron chi connectivity index (χ0n) is 23.2. The average Bonchev–Trinajstić information content (AvgIpc) is 3.25. The van der Waals surface area contributed by atoms with Crippen LogP contribution in [0.3, 0.4) is 0 Å². The van der Waals surface area contributed by atoms with Gasteiger partial charge in [-0.1, -0.05) is 25.4 Å². The fraction of sp³-hybridized carbons (Fsp3) is 0.400. The van der Waals surface area contributed by atoms with Gasteiger partial charge in [-0.2, -0.15) is 13.2 Å². The minimum Gasteiger partial charge on any atom is -0.475 e. The summed E-state index contributed by atoms with van der Waals surface area (Å²) < 4.78 is 35.1. The van der Waals surface area contributed by atoms with Crippen molar-refractivity contribution in [3.63, 3.8) is 0 Å². The molecule has 3 fully saturated rings. The number of likely N-dealkylation sites (tertiary alicyclic amines) is 1. The minimum atomic E-state index is -5.08. The Morgan fingerprint density at radius 2 is 1.81 bits per heavy atom. The van der Waals surface area contributed by atoms with E-state index >= 15 is 0 Å². The number of amides is 2. The smallest absolute Gasteiger partial charge is 0.475 e. The summed E-state index contributed by atoms with van der Waals surface area (Å²) in [7, 11) is 0. The third-order valence-corrected chi connectivity index (χ3v) is 10.0. The zero-order chi connectivity index (χ0) is 30.8. The van der Waals surface area contributed by atoms with Gasteiger partial charge in [0.2, 0.25) is 11.8 Å². The standard InChI is InChI=1S/C28H27ClN4O2S.C2HF3O2/c1-28(2)22-23(28)27(35)33(26(22)34)14-18-11-21-25(36-18)19(3-6-31-21)20-10-17(29)9-16-5-8-32(24(16)20)7-4-15-12-30-13-15;3-2(4,5)1(6)7/h3,5-6,8-11,15,22-23,30H,4,7,12-14H2,1-2H3;(H,6,7). The highest BCUT2D eigenvalue weighted by molar-refractivity contribution is 7.19. The maximum Gasteiger partial charge on any atom is 0.490 e. The van der Waals surface area contributed by atoms with E-state index in [2.05, 4.69) is 27.1 Å². The van der Waals surface area contributed by atoms with Crippen LogP contribution in [0.4, 0.5) is 13.2 Å². The number of imide groups is 1. The maximum atomic E-state index is 12.9. The van der Waals surface area contributed by atoms with Gasteiger partial charge in [-0.15, -0.1) is 11.3 Å². The van der Waals surface area contributed by atoms with Crippen LogP contribution in [0.2, 0.25) is 5.02 Å². The second kappa shape index (κ2) is 10.6. The van der Waals surface area contributed by atoms with Crippen LogP contribution in [0, 0.1) is 23.2 Å². The van der Waals surface area contributed by atoms with Crippen molar-refractivity contribution in [1.29, 1.82) is 0 Å². The largest absolute Gasteiger partial charge is 0.490 e. The molecule has 2 atom stereocenters. The minimum absolute atomic E-state index is 0.0309. The van der Waals surface area contributed by atoms with Crippen molar-refractivity contribution in [3.05, 3.63) is 52.6 Å². The number of carboxylic acid groups (broad SMARTS) is 1. The summed E-state index contributed by atoms with van der Waals surface area (Å²) >= 11 is 8.18. The quantitative estimate of drug-likeness (QED) is 0.255. The number of fused-ring (bicyclic) bond motifs is 3. The van der Waals surface area contributed by atoms with E-state index in [0.717, 1.165) is 63.6 Å². The SMILES string of the molecule is CC1(C)C2C(=O)N(Cc3cc4nccc(-c5cc(Cl)cc6ccn(CCC7CNC7)c56)c4s3)C(=O)C21.O=C(O)C(F)(F)F. The molecule has 3 aromatic heterocycles. The molecular weight excluding hydrogens is 605 g/mol. The number of aromatic nitrogens is 2. The number of hydrogen-bond acceptors (Lipinski definition) is 6. The van der Waals surface area contributed by atoms with Crippen LogP contribution in [0.25, 0.3) is 32.2 Å². The molecule has 7 rings (SSSR count). The van der Waals surface area contributed by atoms with Gasteiger partial charge in [0.1, 0.15) is 0 Å². The normalized spacial score (nSPS) is 21.1. The van der Waals surface area contributed by atoms with Crippen LogP contribution in [0.1, 0.15) is 25.1 Å². The molecule has 4 aromatic rings. The van der Waals surface area contributed by atoms with E-state index in [9.17, 15) is 22.8 Å². The van der Waals surface area contributed by atoms with Gasteiger partial charge in [0.25, 0.3) is 0 Å². The molecular formula is C30H28ClF3N4O4S. The summed E-state index contributed by atoms with van der Waals surface area (Å²) in [6.07, 6.45) is 0.0504. The Balaban J connectivity index is 0.000000423. The number of aliphatic carboxylic acids is 1. The Kier molecular flexibility index (Phi) is 7.29. The van der Waals surface area contributed by atoms with E-state index in [1.54, 1.807) is 11.3 Å². The van der Waals surface area contributed by atoms with E-state index in [1.165, 1.54) is 10.4 Å². The summed E-state index contributed by atoms with van der Waals surface area (Å²) in [5.74, 6) is -2.40. The Bertz CT molecular complexity index is 1750. The van der Waals surface area contributed by atoms with Crippen LogP contribution < -0.4 is 5.32 Å². The number of thiophene rings is 1. The molecule has 2 saturated heterocycles. The molecule has 2 N–H and O–H groups in total. The predicted molar refractivity (Wildman–Crippen MR) is 157 cm³/mol. The third kappa shape index (κ3) is 5.29. The molecule has 2 aliphatic heterocycles. The molecule has 226 valence electrons. The van der Waals surface area contributed by atoms with Gasteiger partial charge in [-0.25, -0.2) is 4.79 Å². The molecule has 2 amide bonds. The number of nitrogens with one attached hydrogen (secondary N) is 1. The summed E-state index contributed by atoms with van der Waals surface area (Å²) in [6.45, 7) is 7.50. The van der Waals surface area contributed by atoms with Crippen molar-refractivity contribution in [3.8, 4) is 11.1 Å². The highest BCUT2D eigenvalue weighted by atomic mass is 35.5. The summed E-state index contributed by atoms with van der Waals surface area (Å²) in [4.78, 5) is 41.7. The van der Waals surface area contributed by atoms with Gasteiger partial charge in [0.15, 0.2) is 0 Å². The van der Waals surface area contributed by atoms with Crippen LogP contribution in [-0.4, -0.2) is 56.6 Å². The molecule has 0 bridgehead atoms. The number of halogens is 4. The van der Waals surface area contributed by atoms with Crippen molar-refractivity contribution >= 4 is 61.8 Å². The van der Waals surface area contributed by atoms with Crippen LogP contribution in [0.15, 0.2) is 42.7 Å². The number of carbonyl (C=O) groups excluding carboxylic acids is 2. The monoisotopic (exact) mass is 632 g/mol. The number of carboxylic acids is 1. The second-order valence-electron chi connectivity index (χ2n) is 11.8. The topological polar surface area (TPSA) is 105 Å². The van der Waals surface area contributed by atoms with Gasteiger partial charge in [-0.3, -0.25) is 19.5 Å². The van der Waals surface area contributed by atoms with Crippen molar-refractivity contribution in [1.82, 2.24) is 19.8 Å². The van der Waals surface area contributed by atoms with Crippen molar-refractivity contribution in [2.75, 3.05) is 13.1 Å². The second-order valence-corrected chi connectivity index (χ2v) is 13.4. The molecule has 0 spiro atoms. The van der Waals surface area contributed by atoms with Crippen molar-refractivity contribution in [2.24, 2.45) is 23.2 Å². The highest BCUT2D eigenvalue weighted by Crippen LogP contribution is 2.63. The lowest BCUT2D eigenvalue weighted by atomic mass is 9.99. The summed E-state index contributed by atoms with van der Waals surface area (Å²) in [5.41, 5.74) is 4.04. The first kappa shape index (κ1) is 29.6. The number of rotatable bonds is 6. The Morgan fingerprint density at radius 3 is 2.42 bits per heavy atom. The lowest BCUT2D eigenvalue weighted by molar-refractivity contribution is -0.192. The number of nitrogens with zero attached hydrogens (tertiary/aromatic N) is 3. The fourth-order valence-corrected chi connectivity index (χ4v) is 7.53. The summed E-state index contributed by atoms with van der Waals surface area (Å²) in [5, 5.41) is 12.3. The van der Waals surface area contributed by atoms with Crippen molar-refractivity contribution in [2.45, 2.75) is 39.5 Å². The predicted octanol–water partition coefficient (Wildman–Crippen LogP) is 5.96. The third-order valence-electron chi connectivity index (χ3n) is 8.67. The van der Waals surface area contributed by atoms with E-state index in [4.69, 9.17) is 21.5 Å². The number of carbonyl (C=O) groups is 3. The highest BCUT2D eigenvalue weighted by Gasteiger charge is 2.72. The molecule has 0 radical (unpaired) electrons. The van der Waals surface area contributed by atoms with Crippen LogP contribution in [0.5, 0.6) is 0 Å². The summed E-state index contributed by atoms with van der Waals surface area (Å²) in [6, 6.07) is 10.3. The lowest BCUT2D eigenvalue weighted by Gasteiger charge is -2.27. The van der Waals surface area contributed by atoms with Gasteiger partial charge in [0, 0.05) is 45.4 Å². The first-order valence-corrected chi connectivity index (χ1v) is 15.0. The molecule has 3 aliphatic rings. The number of pyridine rings is 1. The number of aryl methyl sites for hydroxylation is 1. The first-order valence-electron chi connectivity index (χ1n) is 13.8. The molecule has 13 heteroatoms. The zero-order valence-corrected chi connectivity index (χ0v) is 24.8. The number of benzene rings is 1. The molecule has 8 nitrogen and oxygen atoms in total. The van der Waals surface area contributed by atoms with E-state index < -0.39 is 12.1 Å². The van der Waals surface area contributed by atoms with E-state index in [0.29, 0.717) is 11.6 Å². The molecule has 2 unspecified atom stereocenters. The maximum absolute atomic E-state index is 12.9. The van der Waals surface area contributed by atoms with Gasteiger partial charge in [0.05, 0.1) is 34.1 Å². The Labute approximate surface area is 253 Å². The number of alkyl halides is 3. The number of piperidine rings is 1. The molecule has 43 heavy (non-hydrogen) atoms. The first-order chi connectivity index (χ1) is 20.3. The van der Waals surface area contributed by atoms with Crippen molar-refractivity contribution < 1.29 is 32.7 Å². The van der Waals surface area contributed by atoms with E-state index in [-0.39, 0.29) is 29.1 Å². The van der Waals surface area contributed by atoms with Gasteiger partial charge in [-0.05, 0) is 61.2 Å². The molecule has 1 aromatic carbocycles. The average molecular weight is 633 g/mol. The van der Waals surface area contributed by atoms with E-state index in [1.807, 2.05) is 44.3 Å². The fourth-order valence-electron chi connectivity index (χ4n) is 6.17.